The zero-order valence-corrected chi connectivity index (χ0v) is 22.6. The molecule has 1 atom stereocenters. The molecule has 4 aromatic carbocycles. The Kier molecular flexibility index (Phi) is 8.20. The second-order valence-corrected chi connectivity index (χ2v) is 9.78. The van der Waals surface area contributed by atoms with Crippen molar-refractivity contribution in [2.75, 3.05) is 11.9 Å². The number of anilines is 1. The summed E-state index contributed by atoms with van der Waals surface area (Å²) in [5.41, 5.74) is 7.94. The van der Waals surface area contributed by atoms with Gasteiger partial charge in [0.25, 0.3) is 11.8 Å². The Morgan fingerprint density at radius 3 is 2.21 bits per heavy atom. The summed E-state index contributed by atoms with van der Waals surface area (Å²) in [7, 11) is 0. The smallest absolute Gasteiger partial charge is 0.369 e. The molecule has 4 N–H and O–H groups in total. The van der Waals surface area contributed by atoms with E-state index in [1.807, 2.05) is 6.07 Å². The minimum absolute atomic E-state index is 0.0230. The molecule has 0 bridgehead atoms. The van der Waals surface area contributed by atoms with E-state index < -0.39 is 35.4 Å². The first kappa shape index (κ1) is 29.0. The van der Waals surface area contributed by atoms with E-state index in [0.29, 0.717) is 33.3 Å². The molecule has 1 unspecified atom stereocenters. The van der Waals surface area contributed by atoms with Gasteiger partial charge in [-0.2, -0.15) is 13.2 Å². The number of aromatic nitrogens is 1. The van der Waals surface area contributed by atoms with Crippen LogP contribution in [-0.4, -0.2) is 29.3 Å². The van der Waals surface area contributed by atoms with Crippen LogP contribution >= 0.6 is 0 Å². The zero-order chi connectivity index (χ0) is 30.6. The molecule has 0 radical (unpaired) electrons. The van der Waals surface area contributed by atoms with E-state index in [1.165, 1.54) is 18.3 Å². The standard InChI is InChI=1S/C33H25F3N4O3/c34-33(35,36)24-13-10-21(11-14-24)26-8-4-5-9-27(26)32(43)40-25-15-12-22-16-23(18-38-29(22)17-25)31(42)39-19-28(30(37)41)20-6-2-1-3-7-20/h1-18,28H,19H2,(H2,37,41)(H,39,42)(H,40,43). The summed E-state index contributed by atoms with van der Waals surface area (Å²) in [5.74, 6) is -2.11. The van der Waals surface area contributed by atoms with E-state index in [1.54, 1.807) is 72.8 Å². The van der Waals surface area contributed by atoms with Crippen LogP contribution < -0.4 is 16.4 Å². The number of carbonyl (C=O) groups excluding carboxylic acids is 3. The highest BCUT2D eigenvalue weighted by atomic mass is 19.4. The summed E-state index contributed by atoms with van der Waals surface area (Å²) in [6, 6.07) is 26.8. The van der Waals surface area contributed by atoms with Gasteiger partial charge in [0.05, 0.1) is 22.6 Å². The second-order valence-electron chi connectivity index (χ2n) is 9.78. The molecule has 3 amide bonds. The molecule has 5 aromatic rings. The van der Waals surface area contributed by atoms with Gasteiger partial charge >= 0.3 is 6.18 Å². The van der Waals surface area contributed by atoms with E-state index in [4.69, 9.17) is 5.73 Å². The summed E-state index contributed by atoms with van der Waals surface area (Å²) in [4.78, 5) is 42.3. The average molecular weight is 583 g/mol. The normalized spacial score (nSPS) is 12.0. The van der Waals surface area contributed by atoms with Gasteiger partial charge in [-0.3, -0.25) is 19.4 Å². The van der Waals surface area contributed by atoms with E-state index in [2.05, 4.69) is 15.6 Å². The number of hydrogen-bond donors (Lipinski definition) is 3. The van der Waals surface area contributed by atoms with Gasteiger partial charge in [0.2, 0.25) is 5.91 Å². The summed E-state index contributed by atoms with van der Waals surface area (Å²) >= 11 is 0. The first-order chi connectivity index (χ1) is 20.6. The number of pyridine rings is 1. The number of alkyl halides is 3. The van der Waals surface area contributed by atoms with Crippen molar-refractivity contribution in [3.05, 3.63) is 132 Å². The van der Waals surface area contributed by atoms with Crippen LogP contribution in [0.3, 0.4) is 0 Å². The van der Waals surface area contributed by atoms with Gasteiger partial charge in [-0.05, 0) is 53.1 Å². The van der Waals surface area contributed by atoms with Gasteiger partial charge in [0.15, 0.2) is 0 Å². The topological polar surface area (TPSA) is 114 Å². The molecule has 5 rings (SSSR count). The van der Waals surface area contributed by atoms with Crippen molar-refractivity contribution in [1.29, 1.82) is 0 Å². The molecule has 0 spiro atoms. The first-order valence-electron chi connectivity index (χ1n) is 13.2. The van der Waals surface area contributed by atoms with E-state index in [-0.39, 0.29) is 17.7 Å². The molecule has 1 heterocycles. The number of fused-ring (bicyclic) bond motifs is 1. The first-order valence-corrected chi connectivity index (χ1v) is 13.2. The number of carbonyl (C=O) groups is 3. The number of halogens is 3. The summed E-state index contributed by atoms with van der Waals surface area (Å²) < 4.78 is 39.0. The van der Waals surface area contributed by atoms with Crippen LogP contribution in [0.2, 0.25) is 0 Å². The van der Waals surface area contributed by atoms with Crippen molar-refractivity contribution in [2.45, 2.75) is 12.1 Å². The minimum Gasteiger partial charge on any atom is -0.369 e. The lowest BCUT2D eigenvalue weighted by Crippen LogP contribution is -2.34. The molecule has 0 saturated carbocycles. The highest BCUT2D eigenvalue weighted by Crippen LogP contribution is 2.32. The Morgan fingerprint density at radius 1 is 0.814 bits per heavy atom. The Bertz CT molecular complexity index is 1810. The van der Waals surface area contributed by atoms with Crippen LogP contribution in [-0.2, 0) is 11.0 Å². The van der Waals surface area contributed by atoms with Gasteiger partial charge in [-0.25, -0.2) is 0 Å². The molecule has 0 aliphatic rings. The number of benzene rings is 4. The number of nitrogens with zero attached hydrogens (tertiary/aromatic N) is 1. The predicted octanol–water partition coefficient (Wildman–Crippen LogP) is 6.17. The Morgan fingerprint density at radius 2 is 1.51 bits per heavy atom. The maximum Gasteiger partial charge on any atom is 0.416 e. The van der Waals surface area contributed by atoms with Crippen LogP contribution in [0.4, 0.5) is 18.9 Å². The fourth-order valence-electron chi connectivity index (χ4n) is 4.66. The van der Waals surface area contributed by atoms with Crippen LogP contribution in [0.25, 0.3) is 22.0 Å². The molecule has 0 saturated heterocycles. The maximum absolute atomic E-state index is 13.2. The number of hydrogen-bond acceptors (Lipinski definition) is 4. The summed E-state index contributed by atoms with van der Waals surface area (Å²) in [6.07, 6.45) is -3.06. The summed E-state index contributed by atoms with van der Waals surface area (Å²) in [6.45, 7) is 0.0230. The van der Waals surface area contributed by atoms with Crippen molar-refractivity contribution in [2.24, 2.45) is 5.73 Å². The second kappa shape index (κ2) is 12.2. The maximum atomic E-state index is 13.2. The molecule has 216 valence electrons. The number of nitrogens with two attached hydrogens (primary N) is 1. The molecule has 10 heteroatoms. The Hall–Kier alpha value is -5.51. The Balaban J connectivity index is 1.29. The van der Waals surface area contributed by atoms with Gasteiger partial charge < -0.3 is 16.4 Å². The number of amides is 3. The van der Waals surface area contributed by atoms with Crippen molar-refractivity contribution in [3.8, 4) is 11.1 Å². The van der Waals surface area contributed by atoms with Crippen molar-refractivity contribution in [3.63, 3.8) is 0 Å². The van der Waals surface area contributed by atoms with Crippen molar-refractivity contribution in [1.82, 2.24) is 10.3 Å². The van der Waals surface area contributed by atoms with E-state index in [0.717, 1.165) is 12.1 Å². The monoisotopic (exact) mass is 582 g/mol. The number of nitrogens with one attached hydrogen (secondary N) is 2. The third-order valence-electron chi connectivity index (χ3n) is 6.91. The van der Waals surface area contributed by atoms with Gasteiger partial charge in [0, 0.05) is 29.4 Å². The van der Waals surface area contributed by atoms with Gasteiger partial charge in [-0.15, -0.1) is 0 Å². The molecule has 0 aliphatic heterocycles. The largest absolute Gasteiger partial charge is 0.416 e. The van der Waals surface area contributed by atoms with Crippen molar-refractivity contribution >= 4 is 34.3 Å². The van der Waals surface area contributed by atoms with Crippen LogP contribution in [0.15, 0.2) is 109 Å². The lowest BCUT2D eigenvalue weighted by atomic mass is 9.98. The zero-order valence-electron chi connectivity index (χ0n) is 22.6. The number of primary amides is 1. The third kappa shape index (κ3) is 6.70. The lowest BCUT2D eigenvalue weighted by Gasteiger charge is -2.15. The highest BCUT2D eigenvalue weighted by Gasteiger charge is 2.30. The minimum atomic E-state index is -4.46. The molecule has 43 heavy (non-hydrogen) atoms. The van der Waals surface area contributed by atoms with Gasteiger partial charge in [0.1, 0.15) is 0 Å². The van der Waals surface area contributed by atoms with Crippen LogP contribution in [0.1, 0.15) is 37.8 Å². The highest BCUT2D eigenvalue weighted by molar-refractivity contribution is 6.09. The summed E-state index contributed by atoms with van der Waals surface area (Å²) in [5, 5.41) is 6.19. The van der Waals surface area contributed by atoms with Crippen LogP contribution in [0, 0.1) is 0 Å². The lowest BCUT2D eigenvalue weighted by molar-refractivity contribution is -0.137. The van der Waals surface area contributed by atoms with Crippen molar-refractivity contribution < 1.29 is 27.6 Å². The molecular weight excluding hydrogens is 557 g/mol. The van der Waals surface area contributed by atoms with Gasteiger partial charge in [-0.1, -0.05) is 66.7 Å². The molecule has 1 aromatic heterocycles. The van der Waals surface area contributed by atoms with E-state index >= 15 is 0 Å². The SMILES string of the molecule is NC(=O)C(CNC(=O)c1cnc2cc(NC(=O)c3ccccc3-c3ccc(C(F)(F)F)cc3)ccc2c1)c1ccccc1. The Labute approximate surface area is 244 Å². The average Bonchev–Trinajstić information content (AvgIpc) is 3.00. The molecule has 0 fully saturated rings. The number of rotatable bonds is 8. The fraction of sp³-hybridized carbons (Fsp3) is 0.0909. The van der Waals surface area contributed by atoms with Crippen LogP contribution in [0.5, 0.6) is 0 Å². The molecule has 7 nitrogen and oxygen atoms in total. The predicted molar refractivity (Wildman–Crippen MR) is 157 cm³/mol. The molecular formula is C33H25F3N4O3. The fourth-order valence-corrected chi connectivity index (χ4v) is 4.66. The third-order valence-corrected chi connectivity index (χ3v) is 6.91. The quantitative estimate of drug-likeness (QED) is 0.203. The molecule has 0 aliphatic carbocycles. The van der Waals surface area contributed by atoms with E-state index in [9.17, 15) is 27.6 Å².